The summed E-state index contributed by atoms with van der Waals surface area (Å²) in [6, 6.07) is 11.2. The fourth-order valence-corrected chi connectivity index (χ4v) is 2.83. The molecule has 0 N–H and O–H groups in total. The van der Waals surface area contributed by atoms with Crippen molar-refractivity contribution < 1.29 is 13.9 Å². The number of rotatable bonds is 5. The molecular weight excluding hydrogens is 304 g/mol. The minimum absolute atomic E-state index is 0.00461. The number of Topliss-reactive ketones (excluding diaryl/α,β-unsaturated/α-hetero) is 1. The van der Waals surface area contributed by atoms with Crippen LogP contribution in [0.2, 0.25) is 0 Å². The lowest BCUT2D eigenvalue weighted by atomic mass is 9.97. The quantitative estimate of drug-likeness (QED) is 0.666. The molecule has 0 aliphatic carbocycles. The molecule has 1 aromatic heterocycles. The van der Waals surface area contributed by atoms with Gasteiger partial charge in [-0.2, -0.15) is 0 Å². The topological polar surface area (TPSA) is 65.2 Å². The van der Waals surface area contributed by atoms with Crippen LogP contribution in [0.5, 0.6) is 5.75 Å². The molecule has 122 valence electrons. The fourth-order valence-electron chi connectivity index (χ4n) is 2.83. The molecule has 24 heavy (non-hydrogen) atoms. The number of carbonyl (C=O) groups excluding carboxylic acids is 1. The number of hydrogen-bond acceptors (Lipinski definition) is 5. The first-order valence-corrected chi connectivity index (χ1v) is 7.65. The van der Waals surface area contributed by atoms with E-state index in [1.54, 1.807) is 12.1 Å². The first kappa shape index (κ1) is 15.9. The summed E-state index contributed by atoms with van der Waals surface area (Å²) in [6.07, 6.45) is 1.28. The Balaban J connectivity index is 1.69. The van der Waals surface area contributed by atoms with Gasteiger partial charge in [-0.25, -0.2) is 0 Å². The average Bonchev–Trinajstić information content (AvgIpc) is 3.07. The van der Waals surface area contributed by atoms with E-state index < -0.39 is 0 Å². The van der Waals surface area contributed by atoms with E-state index >= 15 is 0 Å². The van der Waals surface area contributed by atoms with E-state index in [-0.39, 0.29) is 12.4 Å². The summed E-state index contributed by atoms with van der Waals surface area (Å²) in [4.78, 5) is 12.5. The summed E-state index contributed by atoms with van der Waals surface area (Å²) in [5.74, 6) is 1.04. The first-order valence-electron chi connectivity index (χ1n) is 7.65. The number of carbonyl (C=O) groups is 1. The Morgan fingerprint density at radius 1 is 1.08 bits per heavy atom. The molecule has 0 bridgehead atoms. The number of ether oxygens (including phenoxy) is 1. The molecule has 0 unspecified atom stereocenters. The molecular formula is C19H18N2O3. The maximum atomic E-state index is 12.5. The summed E-state index contributed by atoms with van der Waals surface area (Å²) in [5.41, 5.74) is 4.65. The van der Waals surface area contributed by atoms with Crippen molar-refractivity contribution in [1.29, 1.82) is 0 Å². The Hall–Kier alpha value is -2.95. The predicted octanol–water partition coefficient (Wildman–Crippen LogP) is 3.92. The molecule has 0 amide bonds. The monoisotopic (exact) mass is 322 g/mol. The van der Waals surface area contributed by atoms with Crippen molar-refractivity contribution >= 4 is 5.78 Å². The van der Waals surface area contributed by atoms with Crippen molar-refractivity contribution in [3.8, 4) is 17.2 Å². The Kier molecular flexibility index (Phi) is 4.42. The Morgan fingerprint density at radius 3 is 2.33 bits per heavy atom. The smallest absolute Gasteiger partial charge is 0.247 e. The summed E-state index contributed by atoms with van der Waals surface area (Å²) < 4.78 is 10.8. The van der Waals surface area contributed by atoms with Crippen LogP contribution in [0.15, 0.2) is 47.2 Å². The van der Waals surface area contributed by atoms with Gasteiger partial charge in [-0.15, -0.1) is 10.2 Å². The molecule has 0 saturated carbocycles. The van der Waals surface area contributed by atoms with Crippen LogP contribution in [0.25, 0.3) is 11.5 Å². The lowest BCUT2D eigenvalue weighted by Crippen LogP contribution is -2.14. The van der Waals surface area contributed by atoms with Crippen molar-refractivity contribution in [2.24, 2.45) is 0 Å². The van der Waals surface area contributed by atoms with Crippen LogP contribution in [0.4, 0.5) is 0 Å². The molecule has 0 aliphatic heterocycles. The lowest BCUT2D eigenvalue weighted by molar-refractivity contribution is 0.0920. The second kappa shape index (κ2) is 6.66. The second-order valence-corrected chi connectivity index (χ2v) is 5.75. The van der Waals surface area contributed by atoms with E-state index in [2.05, 4.69) is 10.2 Å². The predicted molar refractivity (Wildman–Crippen MR) is 90.2 cm³/mol. The van der Waals surface area contributed by atoms with Crippen LogP contribution in [0, 0.1) is 20.8 Å². The molecule has 2 aromatic carbocycles. The largest absolute Gasteiger partial charge is 0.485 e. The van der Waals surface area contributed by atoms with Crippen LogP contribution in [-0.2, 0) is 0 Å². The van der Waals surface area contributed by atoms with E-state index in [0.717, 1.165) is 27.8 Å². The van der Waals surface area contributed by atoms with Crippen molar-refractivity contribution in [3.63, 3.8) is 0 Å². The molecule has 3 aromatic rings. The zero-order valence-corrected chi connectivity index (χ0v) is 13.9. The van der Waals surface area contributed by atoms with Gasteiger partial charge >= 0.3 is 0 Å². The van der Waals surface area contributed by atoms with Crippen LogP contribution in [0.1, 0.15) is 27.0 Å². The highest BCUT2D eigenvalue weighted by atomic mass is 16.5. The molecule has 5 nitrogen and oxygen atoms in total. The number of hydrogen-bond donors (Lipinski definition) is 0. The van der Waals surface area contributed by atoms with Gasteiger partial charge in [0.1, 0.15) is 5.75 Å². The summed E-state index contributed by atoms with van der Waals surface area (Å²) in [7, 11) is 0. The van der Waals surface area contributed by atoms with Gasteiger partial charge in [-0.3, -0.25) is 4.79 Å². The van der Waals surface area contributed by atoms with Gasteiger partial charge in [0.05, 0.1) is 0 Å². The maximum absolute atomic E-state index is 12.5. The molecule has 0 spiro atoms. The van der Waals surface area contributed by atoms with Crippen molar-refractivity contribution in [2.45, 2.75) is 20.8 Å². The van der Waals surface area contributed by atoms with Crippen LogP contribution >= 0.6 is 0 Å². The van der Waals surface area contributed by atoms with Gasteiger partial charge in [0.25, 0.3) is 0 Å². The summed E-state index contributed by atoms with van der Waals surface area (Å²) >= 11 is 0. The van der Waals surface area contributed by atoms with Crippen LogP contribution in [0.3, 0.4) is 0 Å². The molecule has 3 rings (SSSR count). The molecule has 0 fully saturated rings. The zero-order chi connectivity index (χ0) is 17.1. The third-order valence-corrected chi connectivity index (χ3v) is 3.79. The highest BCUT2D eigenvalue weighted by molar-refractivity contribution is 6.00. The van der Waals surface area contributed by atoms with Gasteiger partial charge in [0.2, 0.25) is 18.1 Å². The molecule has 5 heteroatoms. The number of benzene rings is 2. The van der Waals surface area contributed by atoms with Gasteiger partial charge in [-0.1, -0.05) is 17.7 Å². The van der Waals surface area contributed by atoms with E-state index in [1.807, 2.05) is 45.0 Å². The van der Waals surface area contributed by atoms with Crippen molar-refractivity contribution in [2.75, 3.05) is 6.61 Å². The first-order chi connectivity index (χ1) is 11.5. The highest BCUT2D eigenvalue weighted by Gasteiger charge is 2.13. The summed E-state index contributed by atoms with van der Waals surface area (Å²) in [5, 5.41) is 7.49. The third kappa shape index (κ3) is 3.35. The van der Waals surface area contributed by atoms with Crippen molar-refractivity contribution in [1.82, 2.24) is 10.2 Å². The van der Waals surface area contributed by atoms with Gasteiger partial charge in [0.15, 0.2) is 6.61 Å². The lowest BCUT2D eigenvalue weighted by Gasteiger charge is -2.11. The third-order valence-electron chi connectivity index (χ3n) is 3.79. The Morgan fingerprint density at radius 2 is 1.75 bits per heavy atom. The Labute approximate surface area is 140 Å². The SMILES string of the molecule is Cc1cc(C)c(C(=O)COc2ccc(-c3nnco3)cc2)c(C)c1. The number of aryl methyl sites for hydroxylation is 3. The van der Waals surface area contributed by atoms with E-state index in [4.69, 9.17) is 9.15 Å². The van der Waals surface area contributed by atoms with Gasteiger partial charge < -0.3 is 9.15 Å². The normalized spacial score (nSPS) is 10.6. The zero-order valence-electron chi connectivity index (χ0n) is 13.9. The molecule has 0 saturated heterocycles. The molecule has 0 aliphatic rings. The molecule has 0 radical (unpaired) electrons. The average molecular weight is 322 g/mol. The standard InChI is InChI=1S/C19H18N2O3/c1-12-8-13(2)18(14(3)9-12)17(22)10-23-16-6-4-15(5-7-16)19-21-20-11-24-19/h4-9,11H,10H2,1-3H3. The maximum Gasteiger partial charge on any atom is 0.247 e. The Bertz CT molecular complexity index is 830. The van der Waals surface area contributed by atoms with E-state index in [0.29, 0.717) is 11.6 Å². The molecule has 1 heterocycles. The number of nitrogens with zero attached hydrogens (tertiary/aromatic N) is 2. The van der Waals surface area contributed by atoms with Crippen LogP contribution in [-0.4, -0.2) is 22.6 Å². The minimum atomic E-state index is -0.0222. The van der Waals surface area contributed by atoms with Crippen LogP contribution < -0.4 is 4.74 Å². The summed E-state index contributed by atoms with van der Waals surface area (Å²) in [6.45, 7) is 5.93. The fraction of sp³-hybridized carbons (Fsp3) is 0.211. The minimum Gasteiger partial charge on any atom is -0.485 e. The van der Waals surface area contributed by atoms with E-state index in [9.17, 15) is 4.79 Å². The number of ketones is 1. The van der Waals surface area contributed by atoms with Gasteiger partial charge in [0, 0.05) is 11.1 Å². The number of aromatic nitrogens is 2. The highest BCUT2D eigenvalue weighted by Crippen LogP contribution is 2.21. The van der Waals surface area contributed by atoms with Gasteiger partial charge in [-0.05, 0) is 56.2 Å². The second-order valence-electron chi connectivity index (χ2n) is 5.75. The van der Waals surface area contributed by atoms with E-state index in [1.165, 1.54) is 6.39 Å². The molecule has 0 atom stereocenters. The van der Waals surface area contributed by atoms with Crippen molar-refractivity contribution in [3.05, 3.63) is 65.0 Å².